The molecule has 0 aliphatic carbocycles. The van der Waals surface area contributed by atoms with E-state index in [1.165, 1.54) is 12.1 Å². The van der Waals surface area contributed by atoms with E-state index in [2.05, 4.69) is 35.1 Å². The zero-order chi connectivity index (χ0) is 23.4. The molecule has 6 heteroatoms. The molecule has 1 atom stereocenters. The first kappa shape index (κ1) is 23.4. The molecule has 3 aromatic rings. The van der Waals surface area contributed by atoms with E-state index >= 15 is 0 Å². The lowest BCUT2D eigenvalue weighted by molar-refractivity contribution is -0.139. The van der Waals surface area contributed by atoms with Crippen LogP contribution in [0.5, 0.6) is 0 Å². The van der Waals surface area contributed by atoms with Gasteiger partial charge in [-0.1, -0.05) is 25.5 Å². The van der Waals surface area contributed by atoms with Gasteiger partial charge in [0.15, 0.2) is 0 Å². The van der Waals surface area contributed by atoms with E-state index in [4.69, 9.17) is 4.98 Å². The van der Waals surface area contributed by atoms with Gasteiger partial charge in [0.25, 0.3) is 0 Å². The molecule has 0 saturated carbocycles. The van der Waals surface area contributed by atoms with Crippen molar-refractivity contribution in [3.63, 3.8) is 0 Å². The fourth-order valence-corrected chi connectivity index (χ4v) is 4.85. The Morgan fingerprint density at radius 3 is 2.67 bits per heavy atom. The van der Waals surface area contributed by atoms with Gasteiger partial charge < -0.3 is 4.90 Å². The third kappa shape index (κ3) is 5.27. The highest BCUT2D eigenvalue weighted by molar-refractivity contribution is 5.80. The van der Waals surface area contributed by atoms with Crippen molar-refractivity contribution in [2.45, 2.75) is 59.0 Å². The Morgan fingerprint density at radius 2 is 1.94 bits per heavy atom. The van der Waals surface area contributed by atoms with Crippen molar-refractivity contribution in [3.8, 4) is 5.69 Å². The zero-order valence-electron chi connectivity index (χ0n) is 20.0. The minimum Gasteiger partial charge on any atom is -0.340 e. The molecule has 1 fully saturated rings. The van der Waals surface area contributed by atoms with Crippen molar-refractivity contribution in [2.24, 2.45) is 5.92 Å². The first-order valence-corrected chi connectivity index (χ1v) is 12.2. The predicted octanol–water partition coefficient (Wildman–Crippen LogP) is 5.41. The van der Waals surface area contributed by atoms with Crippen LogP contribution in [0.2, 0.25) is 0 Å². The molecule has 1 amide bonds. The Morgan fingerprint density at radius 1 is 1.18 bits per heavy atom. The van der Waals surface area contributed by atoms with Gasteiger partial charge in [-0.3, -0.25) is 14.3 Å². The van der Waals surface area contributed by atoms with Crippen LogP contribution in [0.4, 0.5) is 4.39 Å². The summed E-state index contributed by atoms with van der Waals surface area (Å²) < 4.78 is 15.7. The highest BCUT2D eigenvalue weighted by atomic mass is 19.1. The van der Waals surface area contributed by atoms with E-state index in [9.17, 15) is 9.18 Å². The van der Waals surface area contributed by atoms with E-state index in [-0.39, 0.29) is 23.7 Å². The van der Waals surface area contributed by atoms with Gasteiger partial charge in [0.05, 0.1) is 23.5 Å². The number of amides is 1. The average Bonchev–Trinajstić information content (AvgIpc) is 3.17. The molecule has 0 spiro atoms. The molecule has 0 radical (unpaired) electrons. The number of unbranched alkanes of at least 4 members (excludes halogenated alkanes) is 1. The summed E-state index contributed by atoms with van der Waals surface area (Å²) in [6.45, 7) is 9.58. The lowest BCUT2D eigenvalue weighted by Gasteiger charge is -2.36. The minimum absolute atomic E-state index is 0.0293. The molecule has 1 aliphatic rings. The van der Waals surface area contributed by atoms with E-state index in [1.807, 2.05) is 24.3 Å². The molecule has 2 heterocycles. The van der Waals surface area contributed by atoms with E-state index in [1.54, 1.807) is 12.1 Å². The van der Waals surface area contributed by atoms with Crippen molar-refractivity contribution >= 4 is 16.9 Å². The second-order valence-corrected chi connectivity index (χ2v) is 9.38. The van der Waals surface area contributed by atoms with Crippen LogP contribution in [-0.2, 0) is 11.3 Å². The number of hydrogen-bond acceptors (Lipinski definition) is 3. The molecule has 33 heavy (non-hydrogen) atoms. The maximum Gasteiger partial charge on any atom is 0.227 e. The number of para-hydroxylation sites is 2. The van der Waals surface area contributed by atoms with Crippen LogP contribution >= 0.6 is 0 Å². The van der Waals surface area contributed by atoms with Crippen LogP contribution in [-0.4, -0.2) is 50.9 Å². The molecule has 1 aromatic heterocycles. The smallest absolute Gasteiger partial charge is 0.227 e. The standard InChI is InChI=1S/C27H35FN4O/c1-4-5-17-31(20(2)3)27(33)21-9-8-16-30(18-21)19-26-29-24-10-6-7-11-25(24)32(26)23-14-12-22(28)13-15-23/h6-7,10-15,20-21H,4-5,8-9,16-19H2,1-3H3/t21-/m0/s1. The highest BCUT2D eigenvalue weighted by Crippen LogP contribution is 2.26. The maximum absolute atomic E-state index is 13.6. The molecule has 0 bridgehead atoms. The zero-order valence-corrected chi connectivity index (χ0v) is 20.0. The minimum atomic E-state index is -0.250. The summed E-state index contributed by atoms with van der Waals surface area (Å²) in [6.07, 6.45) is 4.08. The number of halogens is 1. The first-order chi connectivity index (χ1) is 16.0. The lowest BCUT2D eigenvalue weighted by atomic mass is 9.95. The summed E-state index contributed by atoms with van der Waals surface area (Å²) in [6, 6.07) is 14.8. The summed E-state index contributed by atoms with van der Waals surface area (Å²) in [4.78, 5) is 22.7. The van der Waals surface area contributed by atoms with Crippen LogP contribution in [0, 0.1) is 11.7 Å². The summed E-state index contributed by atoms with van der Waals surface area (Å²) >= 11 is 0. The predicted molar refractivity (Wildman–Crippen MR) is 131 cm³/mol. The van der Waals surface area contributed by atoms with Crippen LogP contribution in [0.15, 0.2) is 48.5 Å². The second-order valence-electron chi connectivity index (χ2n) is 9.38. The van der Waals surface area contributed by atoms with Gasteiger partial charge in [0.2, 0.25) is 5.91 Å². The van der Waals surface area contributed by atoms with Gasteiger partial charge in [-0.25, -0.2) is 9.37 Å². The highest BCUT2D eigenvalue weighted by Gasteiger charge is 2.31. The number of nitrogens with zero attached hydrogens (tertiary/aromatic N) is 4. The fourth-order valence-electron chi connectivity index (χ4n) is 4.85. The van der Waals surface area contributed by atoms with Crippen LogP contribution < -0.4 is 0 Å². The Bertz CT molecular complexity index is 1080. The Kier molecular flexibility index (Phi) is 7.43. The topological polar surface area (TPSA) is 41.4 Å². The number of imidazole rings is 1. The largest absolute Gasteiger partial charge is 0.340 e. The Balaban J connectivity index is 1.56. The lowest BCUT2D eigenvalue weighted by Crippen LogP contribution is -2.47. The summed E-state index contributed by atoms with van der Waals surface area (Å²) in [5.74, 6) is 0.985. The van der Waals surface area contributed by atoms with Crippen molar-refractivity contribution in [1.29, 1.82) is 0 Å². The van der Waals surface area contributed by atoms with Crippen LogP contribution in [0.3, 0.4) is 0 Å². The number of likely N-dealkylation sites (tertiary alicyclic amines) is 1. The number of benzene rings is 2. The molecule has 1 aliphatic heterocycles. The Hall–Kier alpha value is -2.73. The van der Waals surface area contributed by atoms with Gasteiger partial charge in [0, 0.05) is 24.8 Å². The van der Waals surface area contributed by atoms with E-state index < -0.39 is 0 Å². The SMILES string of the molecule is CCCCN(C(=O)[C@H]1CCCN(Cc2nc3ccccc3n2-c2ccc(F)cc2)C1)C(C)C. The molecule has 176 valence electrons. The van der Waals surface area contributed by atoms with Gasteiger partial charge in [0.1, 0.15) is 11.6 Å². The molecule has 5 nitrogen and oxygen atoms in total. The summed E-state index contributed by atoms with van der Waals surface area (Å²) in [5.41, 5.74) is 2.83. The molecule has 4 rings (SSSR count). The van der Waals surface area contributed by atoms with Crippen molar-refractivity contribution in [2.75, 3.05) is 19.6 Å². The maximum atomic E-state index is 13.6. The quantitative estimate of drug-likeness (QED) is 0.461. The van der Waals surface area contributed by atoms with Crippen LogP contribution in [0.25, 0.3) is 16.7 Å². The van der Waals surface area contributed by atoms with Crippen molar-refractivity contribution in [3.05, 3.63) is 60.2 Å². The average molecular weight is 451 g/mol. The number of fused-ring (bicyclic) bond motifs is 1. The third-order valence-electron chi connectivity index (χ3n) is 6.59. The number of carbonyl (C=O) groups excluding carboxylic acids is 1. The molecular formula is C27H35FN4O. The van der Waals surface area contributed by atoms with Gasteiger partial charge in [-0.05, 0) is 76.1 Å². The second kappa shape index (κ2) is 10.5. The number of aromatic nitrogens is 2. The van der Waals surface area contributed by atoms with Gasteiger partial charge in [-0.15, -0.1) is 0 Å². The van der Waals surface area contributed by atoms with Crippen molar-refractivity contribution < 1.29 is 9.18 Å². The number of piperidine rings is 1. The van der Waals surface area contributed by atoms with Gasteiger partial charge >= 0.3 is 0 Å². The molecule has 1 saturated heterocycles. The summed E-state index contributed by atoms with van der Waals surface area (Å²) in [5, 5.41) is 0. The van der Waals surface area contributed by atoms with Crippen molar-refractivity contribution in [1.82, 2.24) is 19.4 Å². The van der Waals surface area contributed by atoms with Crippen LogP contribution in [0.1, 0.15) is 52.3 Å². The molecule has 0 unspecified atom stereocenters. The number of carbonyl (C=O) groups is 1. The molecular weight excluding hydrogens is 415 g/mol. The van der Waals surface area contributed by atoms with Gasteiger partial charge in [-0.2, -0.15) is 0 Å². The Labute approximate surface area is 196 Å². The fraction of sp³-hybridized carbons (Fsp3) is 0.481. The normalized spacial score (nSPS) is 17.1. The van der Waals surface area contributed by atoms with E-state index in [0.717, 1.165) is 67.9 Å². The summed E-state index contributed by atoms with van der Waals surface area (Å²) in [7, 11) is 0. The third-order valence-corrected chi connectivity index (χ3v) is 6.59. The molecule has 0 N–H and O–H groups in total. The molecule has 2 aromatic carbocycles. The monoisotopic (exact) mass is 450 g/mol. The number of rotatable bonds is 8. The number of hydrogen-bond donors (Lipinski definition) is 0. The van der Waals surface area contributed by atoms with E-state index in [0.29, 0.717) is 6.54 Å². The first-order valence-electron chi connectivity index (χ1n) is 12.2.